The van der Waals surface area contributed by atoms with Gasteiger partial charge in [0.25, 0.3) is 0 Å². The largest absolute Gasteiger partial charge is 0.326 e. The zero-order chi connectivity index (χ0) is 13.0. The van der Waals surface area contributed by atoms with Gasteiger partial charge in [-0.05, 0) is 61.1 Å². The van der Waals surface area contributed by atoms with Gasteiger partial charge in [0.2, 0.25) is 5.91 Å². The topological polar surface area (TPSA) is 52.9 Å². The number of benzene rings is 1. The molecule has 4 rings (SSSR count). The molecule has 0 radical (unpaired) electrons. The number of nitriles is 1. The summed E-state index contributed by atoms with van der Waals surface area (Å²) in [7, 11) is 0. The molecule has 1 N–H and O–H groups in total. The summed E-state index contributed by atoms with van der Waals surface area (Å²) in [5, 5.41) is 11.9. The quantitative estimate of drug-likeness (QED) is 0.880. The first-order chi connectivity index (χ1) is 9.28. The van der Waals surface area contributed by atoms with Crippen LogP contribution >= 0.6 is 0 Å². The number of carbonyl (C=O) groups excluding carboxylic acids is 1. The fourth-order valence-electron chi connectivity index (χ4n) is 4.57. The van der Waals surface area contributed by atoms with E-state index < -0.39 is 0 Å². The summed E-state index contributed by atoms with van der Waals surface area (Å²) in [5.74, 6) is 3.38. The molecule has 3 aliphatic rings. The predicted molar refractivity (Wildman–Crippen MR) is 71.1 cm³/mol. The van der Waals surface area contributed by atoms with Crippen LogP contribution in [-0.2, 0) is 4.79 Å². The monoisotopic (exact) mass is 252 g/mol. The summed E-state index contributed by atoms with van der Waals surface area (Å²) in [6.45, 7) is 0. The van der Waals surface area contributed by atoms with Crippen LogP contribution in [0, 0.1) is 40.9 Å². The first-order valence-corrected chi connectivity index (χ1v) is 7.09. The van der Waals surface area contributed by atoms with Crippen LogP contribution in [0.4, 0.5) is 5.69 Å². The lowest BCUT2D eigenvalue weighted by Gasteiger charge is -2.09. The van der Waals surface area contributed by atoms with E-state index in [0.717, 1.165) is 17.5 Å². The molecule has 0 aromatic heterocycles. The van der Waals surface area contributed by atoms with Crippen LogP contribution in [0.5, 0.6) is 0 Å². The second-order valence-electron chi connectivity index (χ2n) is 6.20. The second-order valence-corrected chi connectivity index (χ2v) is 6.20. The predicted octanol–water partition coefficient (Wildman–Crippen LogP) is 2.79. The van der Waals surface area contributed by atoms with E-state index in [1.807, 2.05) is 12.1 Å². The number of nitrogens with one attached hydrogen (secondary N) is 1. The third-order valence-corrected chi connectivity index (χ3v) is 5.30. The first kappa shape index (κ1) is 11.0. The highest BCUT2D eigenvalue weighted by molar-refractivity contribution is 5.95. The highest BCUT2D eigenvalue weighted by Gasteiger charge is 2.67. The molecule has 1 aromatic carbocycles. The van der Waals surface area contributed by atoms with Crippen LogP contribution < -0.4 is 5.32 Å². The van der Waals surface area contributed by atoms with Crippen molar-refractivity contribution in [1.29, 1.82) is 5.26 Å². The molecule has 3 heteroatoms. The maximum absolute atomic E-state index is 12.3. The molecule has 1 unspecified atom stereocenters. The zero-order valence-corrected chi connectivity index (χ0v) is 10.7. The summed E-state index contributed by atoms with van der Waals surface area (Å²) < 4.78 is 0. The smallest absolute Gasteiger partial charge is 0.228 e. The molecule has 0 aliphatic heterocycles. The van der Waals surface area contributed by atoms with Crippen molar-refractivity contribution in [3.8, 4) is 6.07 Å². The van der Waals surface area contributed by atoms with Crippen molar-refractivity contribution in [3.63, 3.8) is 0 Å². The second kappa shape index (κ2) is 3.84. The molecular weight excluding hydrogens is 236 g/mol. The van der Waals surface area contributed by atoms with E-state index in [9.17, 15) is 4.79 Å². The molecule has 2 bridgehead atoms. The van der Waals surface area contributed by atoms with Gasteiger partial charge in [-0.2, -0.15) is 5.26 Å². The molecule has 3 saturated carbocycles. The van der Waals surface area contributed by atoms with Crippen LogP contribution in [0.3, 0.4) is 0 Å². The standard InChI is InChI=1S/C16H16N2O/c17-8-9-2-1-3-12(6-9)18-16(19)15-13-10-4-5-11(7-10)14(13)15/h1-3,6,10-11,13-15H,4-5,7H2,(H,18,19)/t10-,11-,13-,14+,15?/m0/s1. The lowest BCUT2D eigenvalue weighted by molar-refractivity contribution is -0.118. The van der Waals surface area contributed by atoms with Crippen molar-refractivity contribution in [2.45, 2.75) is 19.3 Å². The Morgan fingerprint density at radius 3 is 2.68 bits per heavy atom. The number of hydrogen-bond donors (Lipinski definition) is 1. The number of carbonyl (C=O) groups is 1. The zero-order valence-electron chi connectivity index (χ0n) is 10.7. The van der Waals surface area contributed by atoms with Crippen molar-refractivity contribution in [2.75, 3.05) is 5.32 Å². The molecule has 3 aliphatic carbocycles. The number of rotatable bonds is 2. The maximum Gasteiger partial charge on any atom is 0.228 e. The van der Waals surface area contributed by atoms with E-state index in [2.05, 4.69) is 11.4 Å². The van der Waals surface area contributed by atoms with Crippen molar-refractivity contribution in [1.82, 2.24) is 0 Å². The SMILES string of the molecule is N#Cc1cccc(NC(=O)C2[C@@H]3[C@H]4CC[C@@H](C4)[C@H]23)c1. The lowest BCUT2D eigenvalue weighted by Crippen LogP contribution is -2.18. The van der Waals surface area contributed by atoms with E-state index in [1.165, 1.54) is 19.3 Å². The Hall–Kier alpha value is -1.82. The molecular formula is C16H16N2O. The van der Waals surface area contributed by atoms with Gasteiger partial charge >= 0.3 is 0 Å². The van der Waals surface area contributed by atoms with E-state index >= 15 is 0 Å². The van der Waals surface area contributed by atoms with Gasteiger partial charge in [0.15, 0.2) is 0 Å². The molecule has 3 fully saturated rings. The number of amides is 1. The third kappa shape index (κ3) is 1.59. The van der Waals surface area contributed by atoms with Gasteiger partial charge in [-0.3, -0.25) is 4.79 Å². The van der Waals surface area contributed by atoms with Crippen LogP contribution in [0.25, 0.3) is 0 Å². The number of anilines is 1. The maximum atomic E-state index is 12.3. The van der Waals surface area contributed by atoms with Crippen molar-refractivity contribution in [2.24, 2.45) is 29.6 Å². The van der Waals surface area contributed by atoms with Gasteiger partial charge in [0.1, 0.15) is 0 Å². The summed E-state index contributed by atoms with van der Waals surface area (Å²) in [6.07, 6.45) is 4.03. The van der Waals surface area contributed by atoms with E-state index in [1.54, 1.807) is 12.1 Å². The number of nitrogens with zero attached hydrogens (tertiary/aromatic N) is 1. The fourth-order valence-corrected chi connectivity index (χ4v) is 4.57. The Morgan fingerprint density at radius 1 is 1.26 bits per heavy atom. The summed E-state index contributed by atoms with van der Waals surface area (Å²) in [5.41, 5.74) is 1.34. The minimum Gasteiger partial charge on any atom is -0.326 e. The third-order valence-electron chi connectivity index (χ3n) is 5.30. The van der Waals surface area contributed by atoms with E-state index in [-0.39, 0.29) is 11.8 Å². The van der Waals surface area contributed by atoms with Gasteiger partial charge in [0, 0.05) is 11.6 Å². The molecule has 19 heavy (non-hydrogen) atoms. The van der Waals surface area contributed by atoms with Crippen LogP contribution in [0.2, 0.25) is 0 Å². The van der Waals surface area contributed by atoms with Crippen molar-refractivity contribution < 1.29 is 4.79 Å². The Bertz CT molecular complexity index is 573. The van der Waals surface area contributed by atoms with Crippen molar-refractivity contribution >= 4 is 11.6 Å². The van der Waals surface area contributed by atoms with Gasteiger partial charge < -0.3 is 5.32 Å². The molecule has 0 heterocycles. The van der Waals surface area contributed by atoms with Crippen molar-refractivity contribution in [3.05, 3.63) is 29.8 Å². The molecule has 1 amide bonds. The summed E-state index contributed by atoms with van der Waals surface area (Å²) >= 11 is 0. The van der Waals surface area contributed by atoms with E-state index in [4.69, 9.17) is 5.26 Å². The lowest BCUT2D eigenvalue weighted by atomic mass is 10.0. The molecule has 1 aromatic rings. The van der Waals surface area contributed by atoms with Crippen LogP contribution in [-0.4, -0.2) is 5.91 Å². The Labute approximate surface area is 112 Å². The summed E-state index contributed by atoms with van der Waals surface area (Å²) in [6, 6.07) is 9.25. The normalized spacial score (nSPS) is 37.5. The average molecular weight is 252 g/mol. The summed E-state index contributed by atoms with van der Waals surface area (Å²) in [4.78, 5) is 12.3. The molecule has 3 nitrogen and oxygen atoms in total. The fraction of sp³-hybridized carbons (Fsp3) is 0.500. The molecule has 0 saturated heterocycles. The Morgan fingerprint density at radius 2 is 2.00 bits per heavy atom. The molecule has 0 spiro atoms. The highest BCUT2D eigenvalue weighted by atomic mass is 16.2. The Balaban J connectivity index is 1.47. The molecule has 96 valence electrons. The van der Waals surface area contributed by atoms with Gasteiger partial charge in [-0.25, -0.2) is 0 Å². The van der Waals surface area contributed by atoms with Gasteiger partial charge in [-0.1, -0.05) is 6.07 Å². The minimum atomic E-state index is 0.168. The molecule has 5 atom stereocenters. The Kier molecular flexibility index (Phi) is 2.23. The number of fused-ring (bicyclic) bond motifs is 5. The average Bonchev–Trinajstić information content (AvgIpc) is 2.88. The van der Waals surface area contributed by atoms with E-state index in [0.29, 0.717) is 17.4 Å². The van der Waals surface area contributed by atoms with Crippen LogP contribution in [0.1, 0.15) is 24.8 Å². The minimum absolute atomic E-state index is 0.168. The highest BCUT2D eigenvalue weighted by Crippen LogP contribution is 2.69. The first-order valence-electron chi connectivity index (χ1n) is 7.09. The number of hydrogen-bond acceptors (Lipinski definition) is 2. The van der Waals surface area contributed by atoms with Gasteiger partial charge in [0.05, 0.1) is 11.6 Å². The van der Waals surface area contributed by atoms with Crippen LogP contribution in [0.15, 0.2) is 24.3 Å². The van der Waals surface area contributed by atoms with Gasteiger partial charge in [-0.15, -0.1) is 0 Å².